The van der Waals surface area contributed by atoms with E-state index < -0.39 is 35.9 Å². The van der Waals surface area contributed by atoms with Crippen molar-refractivity contribution < 1.29 is 29.6 Å². The molecule has 1 heterocycles. The maximum absolute atomic E-state index is 11.3. The van der Waals surface area contributed by atoms with E-state index in [0.717, 1.165) is 0 Å². The Labute approximate surface area is 164 Å². The fourth-order valence-corrected chi connectivity index (χ4v) is 2.47. The topological polar surface area (TPSA) is 142 Å². The predicted molar refractivity (Wildman–Crippen MR) is 105 cm³/mol. The minimum atomic E-state index is -1.54. The highest BCUT2D eigenvalue weighted by Crippen LogP contribution is 2.19. The summed E-state index contributed by atoms with van der Waals surface area (Å²) >= 11 is 0. The summed E-state index contributed by atoms with van der Waals surface area (Å²) in [5.41, 5.74) is 3.64. The van der Waals surface area contributed by atoms with Crippen LogP contribution in [0.3, 0.4) is 0 Å². The number of rotatable bonds is 10. The van der Waals surface area contributed by atoms with Gasteiger partial charge in [-0.2, -0.15) is 0 Å². The van der Waals surface area contributed by atoms with E-state index in [-0.39, 0.29) is 13.0 Å². The molecule has 0 bridgehead atoms. The van der Waals surface area contributed by atoms with Gasteiger partial charge in [0.15, 0.2) is 0 Å². The van der Waals surface area contributed by atoms with Gasteiger partial charge in [0.1, 0.15) is 11.7 Å². The Morgan fingerprint density at radius 2 is 2.14 bits per heavy atom. The van der Waals surface area contributed by atoms with Crippen LogP contribution in [0.5, 0.6) is 0 Å². The number of cyclic esters (lactones) is 1. The van der Waals surface area contributed by atoms with Crippen molar-refractivity contribution >= 4 is 12.0 Å². The fraction of sp³-hybridized carbons (Fsp3) is 0.400. The first-order valence-corrected chi connectivity index (χ1v) is 8.88. The molecule has 0 aromatic rings. The van der Waals surface area contributed by atoms with E-state index in [9.17, 15) is 19.8 Å². The highest BCUT2D eigenvalue weighted by Gasteiger charge is 2.32. The lowest BCUT2D eigenvalue weighted by atomic mass is 9.90. The number of allylic oxidation sites excluding steroid dienone is 4. The van der Waals surface area contributed by atoms with Gasteiger partial charge in [-0.25, -0.2) is 9.59 Å². The van der Waals surface area contributed by atoms with E-state index >= 15 is 0 Å². The molecular weight excluding hydrogens is 364 g/mol. The molecule has 0 saturated heterocycles. The molecule has 0 unspecified atom stereocenters. The highest BCUT2D eigenvalue weighted by atomic mass is 16.5. The average Bonchev–Trinajstić information content (AvgIpc) is 2.62. The second-order valence-electron chi connectivity index (χ2n) is 6.44. The number of carbonyl (C=O) groups excluding carboxylic acids is 2. The van der Waals surface area contributed by atoms with Crippen LogP contribution in [-0.2, 0) is 9.53 Å². The van der Waals surface area contributed by atoms with Gasteiger partial charge in [-0.15, -0.1) is 0 Å². The SMILES string of the molecule is C[C@@](O)(/C=C/[C@H]1CC=CC(=O)O1)[C@@H](C[C@@H](O)\C=C/C=C\C=C\CO)NC(N)=O. The zero-order valence-electron chi connectivity index (χ0n) is 15.8. The van der Waals surface area contributed by atoms with Crippen LogP contribution < -0.4 is 11.1 Å². The molecule has 1 aliphatic heterocycles. The van der Waals surface area contributed by atoms with Crippen LogP contribution in [0.15, 0.2) is 60.8 Å². The summed E-state index contributed by atoms with van der Waals surface area (Å²) in [6, 6.07) is -1.72. The van der Waals surface area contributed by atoms with Crippen LogP contribution in [0.2, 0.25) is 0 Å². The van der Waals surface area contributed by atoms with Gasteiger partial charge < -0.3 is 31.1 Å². The van der Waals surface area contributed by atoms with Gasteiger partial charge in [0.05, 0.1) is 18.8 Å². The maximum atomic E-state index is 11.3. The molecule has 8 nitrogen and oxygen atoms in total. The summed E-state index contributed by atoms with van der Waals surface area (Å²) in [7, 11) is 0. The third-order valence-electron chi connectivity index (χ3n) is 3.95. The van der Waals surface area contributed by atoms with Crippen molar-refractivity contribution in [2.45, 2.75) is 43.6 Å². The molecule has 1 aliphatic rings. The first-order valence-electron chi connectivity index (χ1n) is 8.88. The molecular formula is C20H28N2O6. The van der Waals surface area contributed by atoms with Crippen LogP contribution >= 0.6 is 0 Å². The molecule has 8 heteroatoms. The van der Waals surface area contributed by atoms with Crippen LogP contribution in [0.1, 0.15) is 19.8 Å². The van der Waals surface area contributed by atoms with Crippen molar-refractivity contribution in [1.29, 1.82) is 0 Å². The summed E-state index contributed by atoms with van der Waals surface area (Å²) in [4.78, 5) is 22.6. The number of primary amides is 1. The minimum absolute atomic E-state index is 0.00144. The zero-order chi connectivity index (χ0) is 21.0. The van der Waals surface area contributed by atoms with Crippen molar-refractivity contribution in [2.75, 3.05) is 6.61 Å². The number of aliphatic hydroxyl groups is 3. The van der Waals surface area contributed by atoms with E-state index in [1.165, 1.54) is 31.2 Å². The smallest absolute Gasteiger partial charge is 0.331 e. The first-order chi connectivity index (χ1) is 13.2. The van der Waals surface area contributed by atoms with Gasteiger partial charge in [-0.1, -0.05) is 48.6 Å². The van der Waals surface area contributed by atoms with E-state index in [4.69, 9.17) is 15.6 Å². The Bertz CT molecular complexity index is 664. The molecule has 0 spiro atoms. The molecule has 154 valence electrons. The second-order valence-corrected chi connectivity index (χ2v) is 6.44. The quantitative estimate of drug-likeness (QED) is 0.209. The third kappa shape index (κ3) is 9.31. The summed E-state index contributed by atoms with van der Waals surface area (Å²) in [6.45, 7) is 1.40. The average molecular weight is 392 g/mol. The Hall–Kier alpha value is -2.68. The number of hydrogen-bond acceptors (Lipinski definition) is 6. The third-order valence-corrected chi connectivity index (χ3v) is 3.95. The van der Waals surface area contributed by atoms with E-state index in [0.29, 0.717) is 6.42 Å². The minimum Gasteiger partial charge on any atom is -0.455 e. The first kappa shape index (κ1) is 23.4. The molecule has 2 amide bonds. The van der Waals surface area contributed by atoms with E-state index in [1.54, 1.807) is 36.5 Å². The van der Waals surface area contributed by atoms with Crippen LogP contribution in [0.4, 0.5) is 4.79 Å². The zero-order valence-corrected chi connectivity index (χ0v) is 15.8. The van der Waals surface area contributed by atoms with Crippen LogP contribution in [-0.4, -0.2) is 57.8 Å². The van der Waals surface area contributed by atoms with Gasteiger partial charge in [-0.05, 0) is 13.0 Å². The molecule has 0 aliphatic carbocycles. The van der Waals surface area contributed by atoms with Crippen molar-refractivity contribution in [3.8, 4) is 0 Å². The summed E-state index contributed by atoms with van der Waals surface area (Å²) in [5, 5.41) is 32.0. The standard InChI is InChI=1S/C20H28N2O6/c1-20(27,12-11-16-9-7-10-18(25)28-16)17(22-19(21)26)14-15(24)8-5-3-2-4-6-13-23/h2-8,10-12,15-17,23-24,27H,9,13-14H2,1H3,(H3,21,22,26)/b3-2-,6-4+,8-5-,12-11+/t15-,16+,17+,20+/m0/s1. The van der Waals surface area contributed by atoms with E-state index in [2.05, 4.69) is 5.32 Å². The molecule has 28 heavy (non-hydrogen) atoms. The molecule has 0 aromatic heterocycles. The van der Waals surface area contributed by atoms with Crippen LogP contribution in [0.25, 0.3) is 0 Å². The summed E-state index contributed by atoms with van der Waals surface area (Å²) in [5.74, 6) is -0.463. The largest absolute Gasteiger partial charge is 0.455 e. The second kappa shape index (κ2) is 11.9. The van der Waals surface area contributed by atoms with Crippen molar-refractivity contribution in [3.63, 3.8) is 0 Å². The van der Waals surface area contributed by atoms with Gasteiger partial charge in [0.2, 0.25) is 0 Å². The van der Waals surface area contributed by atoms with Crippen molar-refractivity contribution in [3.05, 3.63) is 60.8 Å². The molecule has 1 rings (SSSR count). The fourth-order valence-electron chi connectivity index (χ4n) is 2.47. The highest BCUT2D eigenvalue weighted by molar-refractivity contribution is 5.82. The Morgan fingerprint density at radius 3 is 2.79 bits per heavy atom. The Morgan fingerprint density at radius 1 is 1.43 bits per heavy atom. The molecule has 0 aromatic carbocycles. The lowest BCUT2D eigenvalue weighted by molar-refractivity contribution is -0.141. The number of hydrogen-bond donors (Lipinski definition) is 5. The number of urea groups is 1. The number of nitrogens with two attached hydrogens (primary N) is 1. The Kier molecular flexibility index (Phi) is 9.94. The number of ether oxygens (including phenoxy) is 1. The summed E-state index contributed by atoms with van der Waals surface area (Å²) in [6.07, 6.45) is 14.6. The number of carbonyl (C=O) groups is 2. The lowest BCUT2D eigenvalue weighted by Gasteiger charge is -2.32. The number of amides is 2. The molecule has 4 atom stereocenters. The van der Waals surface area contributed by atoms with Gasteiger partial charge in [0, 0.05) is 18.9 Å². The molecule has 0 saturated carbocycles. The monoisotopic (exact) mass is 392 g/mol. The normalized spacial score (nSPS) is 22.0. The van der Waals surface area contributed by atoms with Gasteiger partial charge in [-0.3, -0.25) is 0 Å². The van der Waals surface area contributed by atoms with Gasteiger partial charge >= 0.3 is 12.0 Å². The van der Waals surface area contributed by atoms with Crippen LogP contribution in [0, 0.1) is 0 Å². The van der Waals surface area contributed by atoms with E-state index in [1.807, 2.05) is 0 Å². The number of aliphatic hydroxyl groups excluding tert-OH is 2. The lowest BCUT2D eigenvalue weighted by Crippen LogP contribution is -2.53. The summed E-state index contributed by atoms with van der Waals surface area (Å²) < 4.78 is 5.09. The predicted octanol–water partition coefficient (Wildman–Crippen LogP) is 0.614. The van der Waals surface area contributed by atoms with Gasteiger partial charge in [0.25, 0.3) is 0 Å². The molecule has 6 N–H and O–H groups in total. The number of nitrogens with one attached hydrogen (secondary N) is 1. The molecule has 0 fully saturated rings. The Balaban J connectivity index is 2.75. The molecule has 0 radical (unpaired) electrons. The maximum Gasteiger partial charge on any atom is 0.331 e. The van der Waals surface area contributed by atoms with Crippen molar-refractivity contribution in [2.24, 2.45) is 5.73 Å². The van der Waals surface area contributed by atoms with Crippen molar-refractivity contribution in [1.82, 2.24) is 5.32 Å². The number of esters is 1.